The van der Waals surface area contributed by atoms with Crippen LogP contribution in [0.15, 0.2) is 0 Å². The Balaban J connectivity index is 1.31. The Labute approximate surface area is 193 Å². The molecule has 6 rings (SSSR count). The molecule has 5 heteroatoms. The highest BCUT2D eigenvalue weighted by atomic mass is 16.7. The van der Waals surface area contributed by atoms with Gasteiger partial charge in [0.2, 0.25) is 0 Å². The molecule has 0 aromatic carbocycles. The summed E-state index contributed by atoms with van der Waals surface area (Å²) < 4.78 is 13.0. The first-order valence-corrected chi connectivity index (χ1v) is 13.5. The highest BCUT2D eigenvalue weighted by molar-refractivity contribution is 5.23. The molecule has 0 aromatic heterocycles. The number of ether oxygens (including phenoxy) is 2. The molecule has 4 aliphatic carbocycles. The molecule has 12 atom stereocenters. The van der Waals surface area contributed by atoms with E-state index in [9.17, 15) is 15.3 Å². The van der Waals surface area contributed by atoms with Gasteiger partial charge in [0, 0.05) is 11.8 Å². The molecule has 0 bridgehead atoms. The largest absolute Gasteiger partial charge is 0.396 e. The van der Waals surface area contributed by atoms with Crippen LogP contribution in [0.3, 0.4) is 0 Å². The Hall–Kier alpha value is -0.200. The van der Waals surface area contributed by atoms with E-state index in [1.54, 1.807) is 0 Å². The summed E-state index contributed by atoms with van der Waals surface area (Å²) in [6.45, 7) is 7.59. The van der Waals surface area contributed by atoms with Crippen LogP contribution >= 0.6 is 0 Å². The van der Waals surface area contributed by atoms with Crippen LogP contribution in [-0.4, -0.2) is 52.1 Å². The monoisotopic (exact) mass is 448 g/mol. The van der Waals surface area contributed by atoms with Gasteiger partial charge in [-0.2, -0.15) is 0 Å². The Kier molecular flexibility index (Phi) is 4.99. The fourth-order valence-electron chi connectivity index (χ4n) is 10.2. The molecule has 182 valence electrons. The minimum absolute atomic E-state index is 0.0739. The van der Waals surface area contributed by atoms with Gasteiger partial charge in [-0.15, -0.1) is 0 Å². The lowest BCUT2D eigenvalue weighted by Gasteiger charge is -2.62. The molecular formula is C27H44O5. The summed E-state index contributed by atoms with van der Waals surface area (Å²) in [4.78, 5) is 0. The van der Waals surface area contributed by atoms with E-state index in [-0.39, 0.29) is 30.1 Å². The van der Waals surface area contributed by atoms with Gasteiger partial charge < -0.3 is 24.8 Å². The first kappa shape index (κ1) is 22.3. The van der Waals surface area contributed by atoms with E-state index in [0.717, 1.165) is 51.4 Å². The number of rotatable bonds is 1. The van der Waals surface area contributed by atoms with Crippen molar-refractivity contribution in [1.29, 1.82) is 0 Å². The molecular weight excluding hydrogens is 404 g/mol. The summed E-state index contributed by atoms with van der Waals surface area (Å²) in [6.07, 6.45) is 9.98. The maximum atomic E-state index is 12.5. The van der Waals surface area contributed by atoms with E-state index in [4.69, 9.17) is 9.47 Å². The topological polar surface area (TPSA) is 79.2 Å². The van der Waals surface area contributed by atoms with Crippen LogP contribution in [0.25, 0.3) is 0 Å². The zero-order valence-electron chi connectivity index (χ0n) is 20.3. The molecule has 3 N–H and O–H groups in total. The van der Waals surface area contributed by atoms with Crippen LogP contribution in [0.4, 0.5) is 0 Å². The van der Waals surface area contributed by atoms with Crippen molar-refractivity contribution in [3.8, 4) is 0 Å². The van der Waals surface area contributed by atoms with Crippen molar-refractivity contribution in [3.05, 3.63) is 0 Å². The zero-order valence-corrected chi connectivity index (χ0v) is 20.3. The molecule has 1 spiro atoms. The first-order valence-electron chi connectivity index (χ1n) is 13.5. The predicted molar refractivity (Wildman–Crippen MR) is 121 cm³/mol. The van der Waals surface area contributed by atoms with Crippen LogP contribution in [0, 0.1) is 46.3 Å². The minimum atomic E-state index is -1.02. The SMILES string of the molecule is CC1CC[C@@]2(OC1)O[C@H]1C[C@H]3[C@@H]4CCC5CC(O)CC[C@]5(C)[C@H]4CC[C@]3(C)[C@@]1(O)[C@@H]2CO. The molecule has 4 saturated carbocycles. The summed E-state index contributed by atoms with van der Waals surface area (Å²) in [5, 5.41) is 33.3. The van der Waals surface area contributed by atoms with Crippen LogP contribution in [-0.2, 0) is 9.47 Å². The lowest BCUT2D eigenvalue weighted by Crippen LogP contribution is -2.62. The van der Waals surface area contributed by atoms with E-state index in [2.05, 4.69) is 20.8 Å². The van der Waals surface area contributed by atoms with E-state index < -0.39 is 11.4 Å². The Morgan fingerprint density at radius 2 is 1.75 bits per heavy atom. The van der Waals surface area contributed by atoms with Gasteiger partial charge in [0.15, 0.2) is 5.79 Å². The fraction of sp³-hybridized carbons (Fsp3) is 1.00. The van der Waals surface area contributed by atoms with E-state index >= 15 is 0 Å². The lowest BCUT2D eigenvalue weighted by atomic mass is 9.44. The van der Waals surface area contributed by atoms with Gasteiger partial charge in [-0.3, -0.25) is 0 Å². The number of aliphatic hydroxyl groups excluding tert-OH is 2. The maximum absolute atomic E-state index is 12.5. The lowest BCUT2D eigenvalue weighted by molar-refractivity contribution is -0.282. The maximum Gasteiger partial charge on any atom is 0.176 e. The van der Waals surface area contributed by atoms with Gasteiger partial charge in [-0.25, -0.2) is 0 Å². The van der Waals surface area contributed by atoms with Crippen LogP contribution < -0.4 is 0 Å². The van der Waals surface area contributed by atoms with Crippen molar-refractivity contribution >= 4 is 0 Å². The third-order valence-corrected chi connectivity index (χ3v) is 12.1. The van der Waals surface area contributed by atoms with Gasteiger partial charge >= 0.3 is 0 Å². The number of fused-ring (bicyclic) bond motifs is 7. The van der Waals surface area contributed by atoms with Crippen molar-refractivity contribution in [2.45, 2.75) is 109 Å². The highest BCUT2D eigenvalue weighted by Crippen LogP contribution is 2.72. The Bertz CT molecular complexity index is 748. The molecule has 5 nitrogen and oxygen atoms in total. The highest BCUT2D eigenvalue weighted by Gasteiger charge is 2.77. The van der Waals surface area contributed by atoms with Crippen molar-refractivity contribution in [2.24, 2.45) is 46.3 Å². The number of hydrogen-bond acceptors (Lipinski definition) is 5. The first-order chi connectivity index (χ1) is 15.2. The summed E-state index contributed by atoms with van der Waals surface area (Å²) >= 11 is 0. The number of aliphatic hydroxyl groups is 3. The summed E-state index contributed by atoms with van der Waals surface area (Å²) in [7, 11) is 0. The van der Waals surface area contributed by atoms with Gasteiger partial charge in [0.25, 0.3) is 0 Å². The molecule has 6 fully saturated rings. The molecule has 0 radical (unpaired) electrons. The summed E-state index contributed by atoms with van der Waals surface area (Å²) in [5.41, 5.74) is -0.928. The fourth-order valence-corrected chi connectivity index (χ4v) is 10.2. The number of hydrogen-bond donors (Lipinski definition) is 3. The van der Waals surface area contributed by atoms with Crippen LogP contribution in [0.5, 0.6) is 0 Å². The zero-order chi connectivity index (χ0) is 22.5. The molecule has 2 heterocycles. The summed E-state index contributed by atoms with van der Waals surface area (Å²) in [5.74, 6) is 1.71. The third kappa shape index (κ3) is 2.64. The molecule has 2 aliphatic heterocycles. The summed E-state index contributed by atoms with van der Waals surface area (Å²) in [6, 6.07) is 0. The van der Waals surface area contributed by atoms with Crippen LogP contribution in [0.1, 0.15) is 85.0 Å². The van der Waals surface area contributed by atoms with E-state index in [1.807, 2.05) is 0 Å². The molecule has 6 aliphatic rings. The molecule has 2 saturated heterocycles. The molecule has 0 amide bonds. The average molecular weight is 449 g/mol. The van der Waals surface area contributed by atoms with Crippen molar-refractivity contribution in [3.63, 3.8) is 0 Å². The predicted octanol–water partition coefficient (Wildman–Crippen LogP) is 3.88. The Morgan fingerprint density at radius 1 is 0.938 bits per heavy atom. The van der Waals surface area contributed by atoms with Crippen LogP contribution in [0.2, 0.25) is 0 Å². The van der Waals surface area contributed by atoms with Gasteiger partial charge in [0.1, 0.15) is 5.60 Å². The molecule has 3 unspecified atom stereocenters. The molecule has 32 heavy (non-hydrogen) atoms. The smallest absolute Gasteiger partial charge is 0.176 e. The molecule has 0 aromatic rings. The third-order valence-electron chi connectivity index (χ3n) is 12.1. The second-order valence-electron chi connectivity index (χ2n) is 13.2. The van der Waals surface area contributed by atoms with Crippen molar-refractivity contribution in [2.75, 3.05) is 13.2 Å². The van der Waals surface area contributed by atoms with Gasteiger partial charge in [0.05, 0.1) is 31.3 Å². The van der Waals surface area contributed by atoms with E-state index in [1.165, 1.54) is 12.8 Å². The standard InChI is InChI=1S/C27H44O5/c1-16-6-11-26(31-15-16)22(14-28)27(30)23(32-26)13-21-19-5-4-17-12-18(29)7-9-24(17,2)20(19)8-10-25(21,27)3/h16-23,28-30H,4-15H2,1-3H3/t16?,17?,18?,19-,20+,21+,22-,23+,24+,25+,26-,27-/m1/s1. The second kappa shape index (κ2) is 7.16. The van der Waals surface area contributed by atoms with Crippen molar-refractivity contribution < 1.29 is 24.8 Å². The van der Waals surface area contributed by atoms with E-state index in [0.29, 0.717) is 41.6 Å². The van der Waals surface area contributed by atoms with Gasteiger partial charge in [-0.1, -0.05) is 20.8 Å². The van der Waals surface area contributed by atoms with Gasteiger partial charge in [-0.05, 0) is 92.8 Å². The Morgan fingerprint density at radius 3 is 2.47 bits per heavy atom. The normalized spacial score (nSPS) is 61.7. The second-order valence-corrected chi connectivity index (χ2v) is 13.2. The average Bonchev–Trinajstić information content (AvgIpc) is 3.13. The minimum Gasteiger partial charge on any atom is -0.396 e. The quantitative estimate of drug-likeness (QED) is 0.567. The van der Waals surface area contributed by atoms with Crippen molar-refractivity contribution in [1.82, 2.24) is 0 Å².